The fraction of sp³-hybridized carbons (Fsp3) is 0.235. The van der Waals surface area contributed by atoms with Crippen molar-refractivity contribution in [2.24, 2.45) is 0 Å². The van der Waals surface area contributed by atoms with Crippen molar-refractivity contribution >= 4 is 34.0 Å². The average Bonchev–Trinajstić information content (AvgIpc) is 3.19. The summed E-state index contributed by atoms with van der Waals surface area (Å²) in [6.45, 7) is 4.08. The van der Waals surface area contributed by atoms with Gasteiger partial charge >= 0.3 is 5.97 Å². The van der Waals surface area contributed by atoms with Gasteiger partial charge in [-0.3, -0.25) is 4.79 Å². The van der Waals surface area contributed by atoms with E-state index in [1.54, 1.807) is 24.4 Å². The van der Waals surface area contributed by atoms with Crippen molar-refractivity contribution in [1.29, 1.82) is 0 Å². The smallest absolute Gasteiger partial charge is 0.337 e. The molecule has 0 spiro atoms. The van der Waals surface area contributed by atoms with Crippen LogP contribution in [-0.2, 0) is 4.74 Å². The van der Waals surface area contributed by atoms with E-state index in [4.69, 9.17) is 4.74 Å². The molecule has 0 radical (unpaired) electrons. The van der Waals surface area contributed by atoms with Crippen molar-refractivity contribution in [1.82, 2.24) is 9.97 Å². The third kappa shape index (κ3) is 2.77. The van der Waals surface area contributed by atoms with Gasteiger partial charge in [0.15, 0.2) is 5.01 Å². The number of benzene rings is 1. The van der Waals surface area contributed by atoms with Gasteiger partial charge in [-0.15, -0.1) is 11.3 Å². The van der Waals surface area contributed by atoms with Crippen molar-refractivity contribution in [2.75, 3.05) is 7.11 Å². The Kier molecular flexibility index (Phi) is 4.00. The number of aromatic nitrogens is 2. The lowest BCUT2D eigenvalue weighted by Crippen LogP contribution is -2.03. The molecule has 0 unspecified atom stereocenters. The average molecular weight is 328 g/mol. The SMILES string of the molecule is COC(=O)c1ccc2[nH]cc(C(=O)c3nc(C(C)C)cs3)c2c1. The van der Waals surface area contributed by atoms with Crippen molar-refractivity contribution in [3.63, 3.8) is 0 Å². The summed E-state index contributed by atoms with van der Waals surface area (Å²) in [6.07, 6.45) is 1.66. The van der Waals surface area contributed by atoms with E-state index in [0.717, 1.165) is 11.2 Å². The second-order valence-electron chi connectivity index (χ2n) is 5.52. The Morgan fingerprint density at radius 1 is 1.30 bits per heavy atom. The summed E-state index contributed by atoms with van der Waals surface area (Å²) < 4.78 is 4.73. The van der Waals surface area contributed by atoms with Gasteiger partial charge < -0.3 is 9.72 Å². The van der Waals surface area contributed by atoms with E-state index in [9.17, 15) is 9.59 Å². The van der Waals surface area contributed by atoms with E-state index < -0.39 is 5.97 Å². The van der Waals surface area contributed by atoms with Gasteiger partial charge in [-0.1, -0.05) is 13.8 Å². The van der Waals surface area contributed by atoms with Gasteiger partial charge in [0.05, 0.1) is 23.9 Å². The lowest BCUT2D eigenvalue weighted by atomic mass is 10.1. The zero-order valence-corrected chi connectivity index (χ0v) is 13.9. The predicted octanol–water partition coefficient (Wildman–Crippen LogP) is 3.77. The van der Waals surface area contributed by atoms with E-state index in [0.29, 0.717) is 21.5 Å². The van der Waals surface area contributed by atoms with Crippen LogP contribution in [0.25, 0.3) is 10.9 Å². The second kappa shape index (κ2) is 5.96. The molecule has 118 valence electrons. The number of thiazole rings is 1. The molecule has 0 saturated carbocycles. The van der Waals surface area contributed by atoms with E-state index >= 15 is 0 Å². The maximum atomic E-state index is 12.7. The van der Waals surface area contributed by atoms with Gasteiger partial charge in [0.1, 0.15) is 0 Å². The molecule has 0 saturated heterocycles. The van der Waals surface area contributed by atoms with Gasteiger partial charge in [0, 0.05) is 22.5 Å². The summed E-state index contributed by atoms with van der Waals surface area (Å²) in [4.78, 5) is 31.9. The van der Waals surface area contributed by atoms with Crippen molar-refractivity contribution in [3.05, 3.63) is 51.6 Å². The largest absolute Gasteiger partial charge is 0.465 e. The van der Waals surface area contributed by atoms with Crippen molar-refractivity contribution < 1.29 is 14.3 Å². The normalized spacial score (nSPS) is 11.1. The minimum absolute atomic E-state index is 0.143. The number of hydrogen-bond donors (Lipinski definition) is 1. The number of aromatic amines is 1. The Morgan fingerprint density at radius 3 is 2.74 bits per heavy atom. The molecular weight excluding hydrogens is 312 g/mol. The summed E-state index contributed by atoms with van der Waals surface area (Å²) in [7, 11) is 1.33. The molecule has 5 nitrogen and oxygen atoms in total. The molecular formula is C17H16N2O3S. The Balaban J connectivity index is 2.04. The van der Waals surface area contributed by atoms with Gasteiger partial charge in [0.25, 0.3) is 0 Å². The first-order chi connectivity index (χ1) is 11.0. The number of carbonyl (C=O) groups is 2. The lowest BCUT2D eigenvalue weighted by molar-refractivity contribution is 0.0600. The van der Waals surface area contributed by atoms with E-state index in [1.807, 2.05) is 19.2 Å². The van der Waals surface area contributed by atoms with Crippen LogP contribution in [0.4, 0.5) is 0 Å². The molecule has 2 heterocycles. The summed E-state index contributed by atoms with van der Waals surface area (Å²) >= 11 is 1.34. The molecule has 0 aliphatic carbocycles. The third-order valence-electron chi connectivity index (χ3n) is 3.66. The van der Waals surface area contributed by atoms with Gasteiger partial charge in [-0.2, -0.15) is 0 Å². The number of methoxy groups -OCH3 is 1. The Bertz CT molecular complexity index is 892. The first-order valence-corrected chi connectivity index (χ1v) is 8.08. The standard InChI is InChI=1S/C17H16N2O3S/c1-9(2)14-8-23-16(19-14)15(20)12-7-18-13-5-4-10(6-11(12)13)17(21)22-3/h4-9,18H,1-3H3. The van der Waals surface area contributed by atoms with Gasteiger partial charge in [0.2, 0.25) is 5.78 Å². The van der Waals surface area contributed by atoms with E-state index in [-0.39, 0.29) is 11.7 Å². The molecule has 0 aliphatic rings. The summed E-state index contributed by atoms with van der Waals surface area (Å²) in [5.41, 5.74) is 2.63. The van der Waals surface area contributed by atoms with E-state index in [2.05, 4.69) is 9.97 Å². The Labute approximate surface area is 137 Å². The van der Waals surface area contributed by atoms with E-state index in [1.165, 1.54) is 18.4 Å². The summed E-state index contributed by atoms with van der Waals surface area (Å²) in [5.74, 6) is -0.292. The van der Waals surface area contributed by atoms with Gasteiger partial charge in [-0.25, -0.2) is 9.78 Å². The second-order valence-corrected chi connectivity index (χ2v) is 6.37. The van der Waals surface area contributed by atoms with Crippen LogP contribution in [0.5, 0.6) is 0 Å². The first kappa shape index (κ1) is 15.4. The highest BCUT2D eigenvalue weighted by atomic mass is 32.1. The summed E-state index contributed by atoms with van der Waals surface area (Å²) in [5, 5.41) is 3.06. The highest BCUT2D eigenvalue weighted by molar-refractivity contribution is 7.12. The monoisotopic (exact) mass is 328 g/mol. The molecule has 3 rings (SSSR count). The number of nitrogens with one attached hydrogen (secondary N) is 1. The minimum atomic E-state index is -0.428. The maximum Gasteiger partial charge on any atom is 0.337 e. The molecule has 6 heteroatoms. The molecule has 0 atom stereocenters. The van der Waals surface area contributed by atoms with Crippen LogP contribution in [0.3, 0.4) is 0 Å². The van der Waals surface area contributed by atoms with Crippen molar-refractivity contribution in [2.45, 2.75) is 19.8 Å². The highest BCUT2D eigenvalue weighted by Gasteiger charge is 2.19. The van der Waals surface area contributed by atoms with Crippen LogP contribution in [0.15, 0.2) is 29.8 Å². The molecule has 0 bridgehead atoms. The quantitative estimate of drug-likeness (QED) is 0.584. The minimum Gasteiger partial charge on any atom is -0.465 e. The number of carbonyl (C=O) groups excluding carboxylic acids is 2. The topological polar surface area (TPSA) is 72.1 Å². The number of fused-ring (bicyclic) bond motifs is 1. The number of rotatable bonds is 4. The predicted molar refractivity (Wildman–Crippen MR) is 89.3 cm³/mol. The molecule has 1 N–H and O–H groups in total. The van der Waals surface area contributed by atoms with Crippen LogP contribution in [0.1, 0.15) is 51.2 Å². The number of nitrogens with zero attached hydrogens (tertiary/aromatic N) is 1. The first-order valence-electron chi connectivity index (χ1n) is 7.21. The number of ether oxygens (including phenoxy) is 1. The molecule has 0 amide bonds. The zero-order chi connectivity index (χ0) is 16.6. The fourth-order valence-corrected chi connectivity index (χ4v) is 3.26. The van der Waals surface area contributed by atoms with Crippen LogP contribution in [-0.4, -0.2) is 28.8 Å². The number of esters is 1. The Hall–Kier alpha value is -2.47. The molecule has 3 aromatic rings. The number of hydrogen-bond acceptors (Lipinski definition) is 5. The number of H-pyrrole nitrogens is 1. The van der Waals surface area contributed by atoms with Crippen LogP contribution in [0, 0.1) is 0 Å². The van der Waals surface area contributed by atoms with Crippen LogP contribution < -0.4 is 0 Å². The zero-order valence-electron chi connectivity index (χ0n) is 13.0. The lowest BCUT2D eigenvalue weighted by Gasteiger charge is -2.01. The molecule has 1 aromatic carbocycles. The van der Waals surface area contributed by atoms with Crippen LogP contribution >= 0.6 is 11.3 Å². The number of ketones is 1. The van der Waals surface area contributed by atoms with Crippen molar-refractivity contribution in [3.8, 4) is 0 Å². The maximum absolute atomic E-state index is 12.7. The Morgan fingerprint density at radius 2 is 2.09 bits per heavy atom. The van der Waals surface area contributed by atoms with Crippen LogP contribution in [0.2, 0.25) is 0 Å². The molecule has 23 heavy (non-hydrogen) atoms. The molecule has 0 fully saturated rings. The molecule has 0 aliphatic heterocycles. The summed E-state index contributed by atoms with van der Waals surface area (Å²) in [6, 6.07) is 5.10. The third-order valence-corrected chi connectivity index (χ3v) is 4.51. The van der Waals surface area contributed by atoms with Gasteiger partial charge in [-0.05, 0) is 24.1 Å². The fourth-order valence-electron chi connectivity index (χ4n) is 2.32. The highest BCUT2D eigenvalue weighted by Crippen LogP contribution is 2.25. The molecule has 2 aromatic heterocycles.